The van der Waals surface area contributed by atoms with Gasteiger partial charge in [0.05, 0.1) is 23.3 Å². The van der Waals surface area contributed by atoms with Gasteiger partial charge in [0.15, 0.2) is 0 Å². The molecule has 2 atom stereocenters. The van der Waals surface area contributed by atoms with Crippen LogP contribution in [0.5, 0.6) is 0 Å². The van der Waals surface area contributed by atoms with Crippen molar-refractivity contribution in [3.05, 3.63) is 54.3 Å². The second-order valence-corrected chi connectivity index (χ2v) is 9.42. The molecule has 0 bridgehead atoms. The molecule has 0 fully saturated rings. The van der Waals surface area contributed by atoms with Crippen LogP contribution in [0.25, 0.3) is 0 Å². The predicted molar refractivity (Wildman–Crippen MR) is 111 cm³/mol. The Kier molecular flexibility index (Phi) is 7.68. The zero-order valence-corrected chi connectivity index (χ0v) is 17.8. The first kappa shape index (κ1) is 21.7. The first-order chi connectivity index (χ1) is 12.8. The van der Waals surface area contributed by atoms with E-state index in [-0.39, 0.29) is 12.0 Å². The largest absolute Gasteiger partial charge is 0.498 e. The second kappa shape index (κ2) is 9.56. The van der Waals surface area contributed by atoms with E-state index >= 15 is 0 Å². The molecule has 4 nitrogen and oxygen atoms in total. The van der Waals surface area contributed by atoms with Gasteiger partial charge in [0.2, 0.25) is 10.0 Å². The average Bonchev–Trinajstić information content (AvgIpc) is 2.64. The van der Waals surface area contributed by atoms with Gasteiger partial charge in [0, 0.05) is 12.5 Å². The lowest BCUT2D eigenvalue weighted by Crippen LogP contribution is -2.50. The molecule has 0 amide bonds. The van der Waals surface area contributed by atoms with Crippen molar-refractivity contribution < 1.29 is 13.2 Å². The van der Waals surface area contributed by atoms with Crippen molar-refractivity contribution in [1.29, 1.82) is 0 Å². The third kappa shape index (κ3) is 5.23. The van der Waals surface area contributed by atoms with E-state index in [0.29, 0.717) is 17.9 Å². The average molecular weight is 392 g/mol. The van der Waals surface area contributed by atoms with Crippen LogP contribution in [0.3, 0.4) is 0 Å². The van der Waals surface area contributed by atoms with Crippen LogP contribution in [0.2, 0.25) is 0 Å². The quantitative estimate of drug-likeness (QED) is 0.437. The number of ether oxygens (including phenoxy) is 1. The van der Waals surface area contributed by atoms with Crippen LogP contribution < -0.4 is 0 Å². The second-order valence-electron chi connectivity index (χ2n) is 7.58. The number of hydrogen-bond acceptors (Lipinski definition) is 3. The molecule has 2 rings (SSSR count). The minimum atomic E-state index is -3.62. The Hall–Kier alpha value is -1.59. The highest BCUT2D eigenvalue weighted by Crippen LogP contribution is 2.34. The lowest BCUT2D eigenvalue weighted by atomic mass is 9.94. The molecule has 0 saturated carbocycles. The number of nitrogens with zero attached hydrogens (tertiary/aromatic N) is 1. The molecule has 1 heterocycles. The highest BCUT2D eigenvalue weighted by molar-refractivity contribution is 7.89. The Bertz CT molecular complexity index is 750. The molecular formula is C22H33NO3S. The Morgan fingerprint density at radius 1 is 1.26 bits per heavy atom. The van der Waals surface area contributed by atoms with Gasteiger partial charge in [-0.25, -0.2) is 8.42 Å². The molecule has 0 spiro atoms. The number of rotatable bonds is 9. The maximum absolute atomic E-state index is 13.4. The summed E-state index contributed by atoms with van der Waals surface area (Å²) in [4.78, 5) is 0.325. The lowest BCUT2D eigenvalue weighted by molar-refractivity contribution is 0.142. The molecular weight excluding hydrogens is 358 g/mol. The fraction of sp³-hybridized carbons (Fsp3) is 0.545. The van der Waals surface area contributed by atoms with Crippen LogP contribution in [-0.2, 0) is 14.8 Å². The molecule has 0 radical (unpaired) electrons. The first-order valence-corrected chi connectivity index (χ1v) is 11.3. The third-order valence-corrected chi connectivity index (χ3v) is 6.97. The van der Waals surface area contributed by atoms with Crippen molar-refractivity contribution in [2.45, 2.75) is 70.4 Å². The SMILES string of the molecule is C=C[C@@H]1C=C(OCCCCC)C[C@@H](C(C)C)N1S(=O)(=O)c1ccc(C)cc1. The fourth-order valence-electron chi connectivity index (χ4n) is 3.38. The van der Waals surface area contributed by atoms with E-state index in [1.165, 1.54) is 0 Å². The number of benzene rings is 1. The van der Waals surface area contributed by atoms with Gasteiger partial charge < -0.3 is 4.74 Å². The first-order valence-electron chi connectivity index (χ1n) is 9.87. The lowest BCUT2D eigenvalue weighted by Gasteiger charge is -2.40. The molecule has 0 unspecified atom stereocenters. The molecule has 1 aliphatic heterocycles. The molecule has 5 heteroatoms. The van der Waals surface area contributed by atoms with E-state index in [1.54, 1.807) is 22.5 Å². The van der Waals surface area contributed by atoms with E-state index in [4.69, 9.17) is 4.74 Å². The zero-order valence-electron chi connectivity index (χ0n) is 17.0. The Balaban J connectivity index is 2.33. The van der Waals surface area contributed by atoms with E-state index in [0.717, 1.165) is 30.6 Å². The highest BCUT2D eigenvalue weighted by atomic mass is 32.2. The molecule has 0 aromatic heterocycles. The summed E-state index contributed by atoms with van der Waals surface area (Å²) in [5.74, 6) is 1.04. The molecule has 1 aromatic carbocycles. The van der Waals surface area contributed by atoms with Crippen molar-refractivity contribution in [2.75, 3.05) is 6.61 Å². The predicted octanol–water partition coefficient (Wildman–Crippen LogP) is 5.06. The van der Waals surface area contributed by atoms with Gasteiger partial charge >= 0.3 is 0 Å². The van der Waals surface area contributed by atoms with Crippen molar-refractivity contribution in [2.24, 2.45) is 5.92 Å². The maximum atomic E-state index is 13.4. The number of aryl methyl sites for hydroxylation is 1. The highest BCUT2D eigenvalue weighted by Gasteiger charge is 2.40. The van der Waals surface area contributed by atoms with E-state index in [2.05, 4.69) is 27.4 Å². The van der Waals surface area contributed by atoms with Gasteiger partial charge in [-0.2, -0.15) is 4.31 Å². The van der Waals surface area contributed by atoms with Crippen LogP contribution >= 0.6 is 0 Å². The summed E-state index contributed by atoms with van der Waals surface area (Å²) in [6, 6.07) is 6.47. The molecule has 1 aromatic rings. The Morgan fingerprint density at radius 3 is 2.48 bits per heavy atom. The summed E-state index contributed by atoms with van der Waals surface area (Å²) < 4.78 is 34.4. The number of hydrogen-bond donors (Lipinski definition) is 0. The summed E-state index contributed by atoms with van der Waals surface area (Å²) in [5, 5.41) is 0. The molecule has 0 N–H and O–H groups in total. The molecule has 150 valence electrons. The van der Waals surface area contributed by atoms with E-state index in [9.17, 15) is 8.42 Å². The van der Waals surface area contributed by atoms with Gasteiger partial charge in [-0.3, -0.25) is 0 Å². The summed E-state index contributed by atoms with van der Waals surface area (Å²) in [6.45, 7) is 12.8. The smallest absolute Gasteiger partial charge is 0.244 e. The molecule has 27 heavy (non-hydrogen) atoms. The van der Waals surface area contributed by atoms with Crippen molar-refractivity contribution in [3.63, 3.8) is 0 Å². The summed E-state index contributed by atoms with van der Waals surface area (Å²) in [5.41, 5.74) is 1.04. The molecule has 1 aliphatic rings. The van der Waals surface area contributed by atoms with Gasteiger partial charge in [-0.15, -0.1) is 6.58 Å². The van der Waals surface area contributed by atoms with Crippen LogP contribution in [0.1, 0.15) is 52.0 Å². The summed E-state index contributed by atoms with van der Waals surface area (Å²) in [7, 11) is -3.62. The number of unbranched alkanes of at least 4 members (excludes halogenated alkanes) is 2. The third-order valence-electron chi connectivity index (χ3n) is 5.03. The summed E-state index contributed by atoms with van der Waals surface area (Å²) in [6.07, 6.45) is 7.50. The van der Waals surface area contributed by atoms with Gasteiger partial charge in [0.1, 0.15) is 0 Å². The maximum Gasteiger partial charge on any atom is 0.244 e. The van der Waals surface area contributed by atoms with Crippen molar-refractivity contribution >= 4 is 10.0 Å². The standard InChI is InChI=1S/C22H33NO3S/c1-6-8-9-14-26-20-15-19(7-2)23(22(16-20)17(3)4)27(24,25)21-12-10-18(5)11-13-21/h7,10-13,15,17,19,22H,2,6,8-9,14,16H2,1,3-5H3/t19-,22+/m1/s1. The van der Waals surface area contributed by atoms with Gasteiger partial charge in [-0.05, 0) is 37.5 Å². The van der Waals surface area contributed by atoms with Gasteiger partial charge in [-0.1, -0.05) is 57.4 Å². The van der Waals surface area contributed by atoms with Crippen molar-refractivity contribution in [3.8, 4) is 0 Å². The van der Waals surface area contributed by atoms with Crippen LogP contribution in [0.4, 0.5) is 0 Å². The summed E-state index contributed by atoms with van der Waals surface area (Å²) >= 11 is 0. The normalized spacial score (nSPS) is 21.1. The zero-order chi connectivity index (χ0) is 20.0. The van der Waals surface area contributed by atoms with Crippen LogP contribution in [0, 0.1) is 12.8 Å². The minimum absolute atomic E-state index is 0.162. The molecule has 0 aliphatic carbocycles. The minimum Gasteiger partial charge on any atom is -0.498 e. The van der Waals surface area contributed by atoms with E-state index < -0.39 is 16.1 Å². The fourth-order valence-corrected chi connectivity index (χ4v) is 5.25. The van der Waals surface area contributed by atoms with E-state index in [1.807, 2.05) is 25.1 Å². The number of sulfonamides is 1. The topological polar surface area (TPSA) is 46.6 Å². The Morgan fingerprint density at radius 2 is 1.93 bits per heavy atom. The molecule has 0 saturated heterocycles. The van der Waals surface area contributed by atoms with Crippen LogP contribution in [0.15, 0.2) is 53.7 Å². The van der Waals surface area contributed by atoms with Crippen molar-refractivity contribution in [1.82, 2.24) is 4.31 Å². The monoisotopic (exact) mass is 391 g/mol. The van der Waals surface area contributed by atoms with Gasteiger partial charge in [0.25, 0.3) is 0 Å². The van der Waals surface area contributed by atoms with Crippen LogP contribution in [-0.4, -0.2) is 31.4 Å². The Labute approximate surface area is 165 Å².